The van der Waals surface area contributed by atoms with Gasteiger partial charge in [-0.05, 0) is 47.6 Å². The molecule has 0 aliphatic heterocycles. The van der Waals surface area contributed by atoms with Gasteiger partial charge >= 0.3 is 12.2 Å². The van der Waals surface area contributed by atoms with E-state index in [0.717, 1.165) is 0 Å². The van der Waals surface area contributed by atoms with Crippen molar-refractivity contribution in [2.75, 3.05) is 0 Å². The fourth-order valence-corrected chi connectivity index (χ4v) is 1.37. The zero-order valence-corrected chi connectivity index (χ0v) is 14.2. The molecule has 8 heteroatoms. The molecule has 0 aromatic carbocycles. The molecule has 0 unspecified atom stereocenters. The fraction of sp³-hybridized carbons (Fsp3) is 0.533. The zero-order valence-electron chi connectivity index (χ0n) is 14.2. The molecule has 0 aliphatic rings. The lowest BCUT2D eigenvalue weighted by atomic mass is 10.2. The van der Waals surface area contributed by atoms with Crippen LogP contribution in [0.4, 0.5) is 15.5 Å². The molecule has 2 N–H and O–H groups in total. The highest BCUT2D eigenvalue weighted by Crippen LogP contribution is 2.16. The van der Waals surface area contributed by atoms with E-state index < -0.39 is 29.3 Å². The Morgan fingerprint density at radius 1 is 1.09 bits per heavy atom. The molecule has 0 spiro atoms. The molecule has 1 heterocycles. The van der Waals surface area contributed by atoms with Gasteiger partial charge < -0.3 is 19.6 Å². The minimum absolute atomic E-state index is 0.139. The van der Waals surface area contributed by atoms with Crippen LogP contribution in [0.1, 0.15) is 41.5 Å². The quantitative estimate of drug-likeness (QED) is 0.626. The van der Waals surface area contributed by atoms with Crippen molar-refractivity contribution in [2.24, 2.45) is 10.7 Å². The van der Waals surface area contributed by atoms with Crippen LogP contribution >= 0.6 is 0 Å². The normalized spacial score (nSPS) is 12.7. The summed E-state index contributed by atoms with van der Waals surface area (Å²) in [7, 11) is 0. The van der Waals surface area contributed by atoms with Crippen LogP contribution < -0.4 is 5.73 Å². The van der Waals surface area contributed by atoms with Gasteiger partial charge in [0.15, 0.2) is 0 Å². The monoisotopic (exact) mass is 325 g/mol. The lowest BCUT2D eigenvalue weighted by Gasteiger charge is -2.27. The average Bonchev–Trinajstić information content (AvgIpc) is 2.76. The van der Waals surface area contributed by atoms with Crippen molar-refractivity contribution in [1.82, 2.24) is 4.90 Å². The lowest BCUT2D eigenvalue weighted by Crippen LogP contribution is -2.49. The van der Waals surface area contributed by atoms with E-state index in [-0.39, 0.29) is 5.88 Å². The molecule has 1 aromatic rings. The van der Waals surface area contributed by atoms with Gasteiger partial charge in [-0.2, -0.15) is 4.99 Å². The summed E-state index contributed by atoms with van der Waals surface area (Å²) in [6, 6.07) is 3.12. The molecule has 2 amide bonds. The van der Waals surface area contributed by atoms with Gasteiger partial charge in [0.2, 0.25) is 11.8 Å². The number of carbonyl (C=O) groups is 2. The van der Waals surface area contributed by atoms with Crippen LogP contribution in [0.3, 0.4) is 0 Å². The molecule has 0 saturated heterocycles. The van der Waals surface area contributed by atoms with Crippen LogP contribution in [0.2, 0.25) is 0 Å². The molecule has 0 saturated carbocycles. The summed E-state index contributed by atoms with van der Waals surface area (Å²) in [5, 5.41) is 0. The summed E-state index contributed by atoms with van der Waals surface area (Å²) >= 11 is 0. The van der Waals surface area contributed by atoms with E-state index in [1.807, 2.05) is 0 Å². The first-order valence-corrected chi connectivity index (χ1v) is 7.03. The number of nitrogens with two attached hydrogens (primary N) is 1. The molecule has 0 aliphatic carbocycles. The Morgan fingerprint density at radius 2 is 1.57 bits per heavy atom. The number of aliphatic imine (C=N–C) groups is 1. The van der Waals surface area contributed by atoms with Gasteiger partial charge in [0.25, 0.3) is 0 Å². The summed E-state index contributed by atoms with van der Waals surface area (Å²) in [6.07, 6.45) is -0.587. The van der Waals surface area contributed by atoms with Gasteiger partial charge in [-0.15, -0.1) is 4.90 Å². The second kappa shape index (κ2) is 6.72. The minimum Gasteiger partial charge on any atom is -0.447 e. The van der Waals surface area contributed by atoms with Crippen molar-refractivity contribution >= 4 is 24.0 Å². The standard InChI is InChI=1S/C15H23N3O5/c1-14(2,3)22-12(19)18(13(20)23-15(4,5)6)11(16)17-10-8-7-9-21-10/h7-9H,1-6H3,(H2,16,17). The third kappa shape index (κ3) is 6.41. The Balaban J connectivity index is 3.10. The Bertz CT molecular complexity index is 551. The summed E-state index contributed by atoms with van der Waals surface area (Å²) in [5.74, 6) is -0.275. The van der Waals surface area contributed by atoms with Gasteiger partial charge in [-0.1, -0.05) is 0 Å². The van der Waals surface area contributed by atoms with E-state index >= 15 is 0 Å². The van der Waals surface area contributed by atoms with E-state index in [2.05, 4.69) is 4.99 Å². The van der Waals surface area contributed by atoms with Gasteiger partial charge in [0, 0.05) is 6.07 Å². The first kappa shape index (κ1) is 18.5. The Morgan fingerprint density at radius 3 is 1.91 bits per heavy atom. The molecule has 1 aromatic heterocycles. The van der Waals surface area contributed by atoms with Gasteiger partial charge in [0.1, 0.15) is 11.2 Å². The van der Waals surface area contributed by atoms with E-state index in [0.29, 0.717) is 4.90 Å². The highest BCUT2D eigenvalue weighted by Gasteiger charge is 2.34. The molecule has 1 rings (SSSR count). The van der Waals surface area contributed by atoms with Gasteiger partial charge in [0.05, 0.1) is 6.26 Å². The van der Waals surface area contributed by atoms with Crippen molar-refractivity contribution in [3.63, 3.8) is 0 Å². The van der Waals surface area contributed by atoms with Crippen molar-refractivity contribution in [3.8, 4) is 0 Å². The summed E-state index contributed by atoms with van der Waals surface area (Å²) < 4.78 is 15.4. The van der Waals surface area contributed by atoms with Crippen molar-refractivity contribution in [2.45, 2.75) is 52.7 Å². The van der Waals surface area contributed by atoms with Crippen LogP contribution in [0, 0.1) is 0 Å². The maximum atomic E-state index is 12.3. The number of carbonyl (C=O) groups excluding carboxylic acids is 2. The van der Waals surface area contributed by atoms with Crippen LogP contribution in [0.5, 0.6) is 0 Å². The first-order chi connectivity index (χ1) is 10.4. The van der Waals surface area contributed by atoms with E-state index in [9.17, 15) is 9.59 Å². The summed E-state index contributed by atoms with van der Waals surface area (Å²) in [6.45, 7) is 9.99. The van der Waals surface area contributed by atoms with Crippen LogP contribution in [-0.2, 0) is 9.47 Å². The third-order valence-electron chi connectivity index (χ3n) is 2.11. The largest absolute Gasteiger partial charge is 0.447 e. The maximum absolute atomic E-state index is 12.3. The number of nitrogens with zero attached hydrogens (tertiary/aromatic N) is 2. The Kier molecular flexibility index (Phi) is 5.42. The number of ether oxygens (including phenoxy) is 2. The molecular formula is C15H23N3O5. The highest BCUT2D eigenvalue weighted by molar-refractivity contribution is 6.07. The number of amides is 2. The minimum atomic E-state index is -0.987. The first-order valence-electron chi connectivity index (χ1n) is 7.03. The Labute approximate surface area is 135 Å². The maximum Gasteiger partial charge on any atom is 0.427 e. The number of furan rings is 1. The predicted octanol–water partition coefficient (Wildman–Crippen LogP) is 3.40. The number of rotatable bonds is 1. The van der Waals surface area contributed by atoms with Crippen LogP contribution in [-0.4, -0.2) is 34.2 Å². The SMILES string of the molecule is CC(C)(C)OC(=O)N(C(=O)OC(C)(C)C)C(N)=Nc1ccco1. The molecule has 0 radical (unpaired) electrons. The number of guanidine groups is 1. The van der Waals surface area contributed by atoms with E-state index in [4.69, 9.17) is 19.6 Å². The van der Waals surface area contributed by atoms with Crippen molar-refractivity contribution < 1.29 is 23.5 Å². The average molecular weight is 325 g/mol. The zero-order chi connectivity index (χ0) is 17.8. The number of hydrogen-bond donors (Lipinski definition) is 1. The third-order valence-corrected chi connectivity index (χ3v) is 2.11. The van der Waals surface area contributed by atoms with Crippen molar-refractivity contribution in [3.05, 3.63) is 18.4 Å². The molecule has 0 fully saturated rings. The number of hydrogen-bond acceptors (Lipinski definition) is 6. The van der Waals surface area contributed by atoms with Gasteiger partial charge in [-0.3, -0.25) is 0 Å². The molecule has 8 nitrogen and oxygen atoms in total. The van der Waals surface area contributed by atoms with Crippen LogP contribution in [0.15, 0.2) is 27.8 Å². The summed E-state index contributed by atoms with van der Waals surface area (Å²) in [4.78, 5) is 28.9. The van der Waals surface area contributed by atoms with Gasteiger partial charge in [-0.25, -0.2) is 9.59 Å². The molecule has 128 valence electrons. The smallest absolute Gasteiger partial charge is 0.427 e. The summed E-state index contributed by atoms with van der Waals surface area (Å²) in [5.41, 5.74) is 4.13. The van der Waals surface area contributed by atoms with Crippen LogP contribution in [0.25, 0.3) is 0 Å². The molecule has 0 bridgehead atoms. The van der Waals surface area contributed by atoms with E-state index in [1.54, 1.807) is 47.6 Å². The van der Waals surface area contributed by atoms with Crippen molar-refractivity contribution in [1.29, 1.82) is 0 Å². The molecule has 23 heavy (non-hydrogen) atoms. The number of imide groups is 1. The predicted molar refractivity (Wildman–Crippen MR) is 84.3 cm³/mol. The lowest BCUT2D eigenvalue weighted by molar-refractivity contribution is 0.0145. The van der Waals surface area contributed by atoms with E-state index in [1.165, 1.54) is 12.3 Å². The fourth-order valence-electron chi connectivity index (χ4n) is 1.37. The highest BCUT2D eigenvalue weighted by atomic mass is 16.6. The molecular weight excluding hydrogens is 302 g/mol. The Hall–Kier alpha value is -2.51. The molecule has 0 atom stereocenters. The second-order valence-electron chi connectivity index (χ2n) is 6.72. The topological polar surface area (TPSA) is 107 Å². The second-order valence-corrected chi connectivity index (χ2v) is 6.72.